The number of rotatable bonds is 10. The second-order valence-electron chi connectivity index (χ2n) is 11.4. The molecule has 1 saturated heterocycles. The number of carbonyl (C=O) groups excluding carboxylic acids is 1. The van der Waals surface area contributed by atoms with E-state index in [1.807, 2.05) is 12.1 Å². The number of likely N-dealkylation sites (tertiary alicyclic amines) is 1. The number of ketones is 1. The van der Waals surface area contributed by atoms with Gasteiger partial charge in [0.05, 0.1) is 32.4 Å². The van der Waals surface area contributed by atoms with Crippen LogP contribution in [0.5, 0.6) is 11.5 Å². The van der Waals surface area contributed by atoms with Crippen molar-refractivity contribution >= 4 is 34.6 Å². The normalized spacial score (nSPS) is 15.9. The molecule has 0 radical (unpaired) electrons. The summed E-state index contributed by atoms with van der Waals surface area (Å²) in [4.78, 5) is 28.2. The summed E-state index contributed by atoms with van der Waals surface area (Å²) in [6.07, 6.45) is 1.44. The highest BCUT2D eigenvalue weighted by Gasteiger charge is 2.33. The Morgan fingerprint density at radius 3 is 2.37 bits per heavy atom. The maximum atomic E-state index is 15.2. The van der Waals surface area contributed by atoms with Gasteiger partial charge in [-0.3, -0.25) is 15.1 Å². The maximum absolute atomic E-state index is 15.2. The van der Waals surface area contributed by atoms with Gasteiger partial charge in [0.15, 0.2) is 23.1 Å². The number of carboxylic acid groups (broad SMARTS) is 1. The number of fused-ring (bicyclic) bond motifs is 1. The average molecular weight is 637 g/mol. The molecule has 0 amide bonds. The highest BCUT2D eigenvalue weighted by Crippen LogP contribution is 2.38. The number of nitrogens with zero attached hydrogens (tertiary/aromatic N) is 2. The lowest BCUT2D eigenvalue weighted by atomic mass is 9.84. The number of methoxy groups -OCH3 is 2. The topological polar surface area (TPSA) is 112 Å². The van der Waals surface area contributed by atoms with Crippen molar-refractivity contribution in [2.24, 2.45) is 0 Å². The Hall–Kier alpha value is -3.02. The van der Waals surface area contributed by atoms with Crippen LogP contribution in [-0.4, -0.2) is 79.1 Å². The third kappa shape index (κ3) is 7.44. The molecule has 0 unspecified atom stereocenters. The summed E-state index contributed by atoms with van der Waals surface area (Å²) < 4.78 is 31.0. The van der Waals surface area contributed by atoms with E-state index >= 15 is 4.39 Å². The van der Waals surface area contributed by atoms with Crippen molar-refractivity contribution in [3.05, 3.63) is 57.9 Å². The number of carboxylic acids is 1. The van der Waals surface area contributed by atoms with E-state index in [4.69, 9.17) is 24.7 Å². The van der Waals surface area contributed by atoms with E-state index in [1.54, 1.807) is 11.0 Å². The van der Waals surface area contributed by atoms with Crippen LogP contribution in [0.1, 0.15) is 66.2 Å². The molecule has 0 bridgehead atoms. The van der Waals surface area contributed by atoms with Crippen molar-refractivity contribution < 1.29 is 33.3 Å². The summed E-state index contributed by atoms with van der Waals surface area (Å²) in [6.45, 7) is 8.39. The lowest BCUT2D eigenvalue weighted by Crippen LogP contribution is -2.37. The molecule has 0 aliphatic carbocycles. The molecule has 2 aliphatic heterocycles. The van der Waals surface area contributed by atoms with Crippen molar-refractivity contribution in [2.75, 3.05) is 40.5 Å². The molecule has 2 aromatic carbocycles. The summed E-state index contributed by atoms with van der Waals surface area (Å²) >= 11 is 0. The molecular formula is C30H39BrFN3O6. The van der Waals surface area contributed by atoms with Crippen LogP contribution in [0.3, 0.4) is 0 Å². The number of aliphatic carboxylic acids is 1. The Balaban J connectivity index is 0.00000462. The van der Waals surface area contributed by atoms with Gasteiger partial charge in [-0.25, -0.2) is 9.18 Å². The molecule has 41 heavy (non-hydrogen) atoms. The fraction of sp³-hybridized carbons (Fsp3) is 0.500. The molecule has 2 heterocycles. The van der Waals surface area contributed by atoms with Crippen molar-refractivity contribution in [3.63, 3.8) is 0 Å². The van der Waals surface area contributed by atoms with E-state index in [1.165, 1.54) is 14.2 Å². The van der Waals surface area contributed by atoms with Crippen molar-refractivity contribution in [3.8, 4) is 11.5 Å². The molecule has 0 spiro atoms. The Labute approximate surface area is 250 Å². The van der Waals surface area contributed by atoms with E-state index in [2.05, 4.69) is 31.7 Å². The number of hydrogen-bond donors (Lipinski definition) is 2. The van der Waals surface area contributed by atoms with Crippen LogP contribution >= 0.6 is 17.0 Å². The largest absolute Gasteiger partial charge is 0.493 e. The molecule has 0 saturated carbocycles. The summed E-state index contributed by atoms with van der Waals surface area (Å²) in [6, 6.07) is 7.61. The lowest BCUT2D eigenvalue weighted by Gasteiger charge is -2.32. The average Bonchev–Trinajstić information content (AvgIpc) is 3.22. The second kappa shape index (κ2) is 13.3. The van der Waals surface area contributed by atoms with Gasteiger partial charge in [-0.15, -0.1) is 17.0 Å². The van der Waals surface area contributed by atoms with Gasteiger partial charge >= 0.3 is 5.97 Å². The monoisotopic (exact) mass is 635 g/mol. The predicted octanol–water partition coefficient (Wildman–Crippen LogP) is 4.81. The van der Waals surface area contributed by atoms with Gasteiger partial charge < -0.3 is 24.2 Å². The molecule has 0 atom stereocenters. The van der Waals surface area contributed by atoms with E-state index in [-0.39, 0.29) is 76.9 Å². The number of carbonyl (C=O) groups is 2. The van der Waals surface area contributed by atoms with Gasteiger partial charge in [-0.05, 0) is 53.1 Å². The predicted molar refractivity (Wildman–Crippen MR) is 158 cm³/mol. The minimum atomic E-state index is -0.962. The Morgan fingerprint density at radius 1 is 1.10 bits per heavy atom. The zero-order valence-corrected chi connectivity index (χ0v) is 25.9. The van der Waals surface area contributed by atoms with Crippen molar-refractivity contribution in [2.45, 2.75) is 58.2 Å². The Bertz CT molecular complexity index is 1300. The second-order valence-corrected chi connectivity index (χ2v) is 11.4. The summed E-state index contributed by atoms with van der Waals surface area (Å²) in [7, 11) is 2.78. The van der Waals surface area contributed by atoms with Crippen LogP contribution in [0, 0.1) is 11.2 Å². The fourth-order valence-electron chi connectivity index (χ4n) is 5.28. The molecule has 224 valence electrons. The van der Waals surface area contributed by atoms with Gasteiger partial charge in [0.1, 0.15) is 12.4 Å². The SMILES string of the molecule is Br.COc1cc2c(c(F)c1OC)C(=N)N(CC(=O)c1cc(CN3CCC(OCC(=O)O)CC3)cc(C(C)(C)C)c1)C2. The van der Waals surface area contributed by atoms with Gasteiger partial charge in [-0.2, -0.15) is 0 Å². The van der Waals surface area contributed by atoms with Crippen LogP contribution in [0.15, 0.2) is 24.3 Å². The van der Waals surface area contributed by atoms with Crippen LogP contribution in [0.25, 0.3) is 0 Å². The summed E-state index contributed by atoms with van der Waals surface area (Å²) in [5.41, 5.74) is 3.13. The van der Waals surface area contributed by atoms with Crippen LogP contribution in [0.4, 0.5) is 4.39 Å². The van der Waals surface area contributed by atoms with Crippen molar-refractivity contribution in [1.82, 2.24) is 9.80 Å². The number of benzene rings is 2. The molecule has 2 aliphatic rings. The number of hydrogen-bond acceptors (Lipinski definition) is 7. The molecule has 2 N–H and O–H groups in total. The first-order valence-electron chi connectivity index (χ1n) is 13.4. The van der Waals surface area contributed by atoms with Crippen LogP contribution in [-0.2, 0) is 28.0 Å². The molecule has 0 aromatic heterocycles. The van der Waals surface area contributed by atoms with Crippen LogP contribution < -0.4 is 9.47 Å². The molecular weight excluding hydrogens is 597 g/mol. The van der Waals surface area contributed by atoms with Gasteiger partial charge in [-0.1, -0.05) is 26.8 Å². The standard InChI is InChI=1S/C30H38FN3O6.BrH/c1-30(2,3)21-11-18(14-33-8-6-22(7-9-33)40-17-25(36)37)10-19(12-21)23(35)16-34-15-20-13-24(38-4)28(39-5)27(31)26(20)29(34)32;/h10-13,22,32H,6-9,14-17H2,1-5H3,(H,36,37);1H. The molecule has 11 heteroatoms. The fourth-order valence-corrected chi connectivity index (χ4v) is 5.28. The minimum absolute atomic E-state index is 0. The highest BCUT2D eigenvalue weighted by molar-refractivity contribution is 8.93. The Kier molecular flexibility index (Phi) is 10.5. The van der Waals surface area contributed by atoms with E-state index in [9.17, 15) is 9.59 Å². The molecule has 1 fully saturated rings. The number of Topliss-reactive ketones (excluding diaryl/α,β-unsaturated/α-hetero) is 1. The molecule has 2 aromatic rings. The third-order valence-electron chi connectivity index (χ3n) is 7.51. The zero-order valence-electron chi connectivity index (χ0n) is 24.2. The Morgan fingerprint density at radius 2 is 1.78 bits per heavy atom. The maximum Gasteiger partial charge on any atom is 0.329 e. The number of amidine groups is 1. The lowest BCUT2D eigenvalue weighted by molar-refractivity contribution is -0.145. The smallest absolute Gasteiger partial charge is 0.329 e. The third-order valence-corrected chi connectivity index (χ3v) is 7.51. The summed E-state index contributed by atoms with van der Waals surface area (Å²) in [5.74, 6) is -1.63. The van der Waals surface area contributed by atoms with Gasteiger partial charge in [0.2, 0.25) is 0 Å². The number of halogens is 2. The van der Waals surface area contributed by atoms with Gasteiger partial charge in [0, 0.05) is 31.7 Å². The van der Waals surface area contributed by atoms with Crippen LogP contribution in [0.2, 0.25) is 0 Å². The summed E-state index contributed by atoms with van der Waals surface area (Å²) in [5, 5.41) is 17.4. The molecule has 4 rings (SSSR count). The number of nitrogens with one attached hydrogen (secondary N) is 1. The van der Waals surface area contributed by atoms with E-state index < -0.39 is 11.8 Å². The number of piperidine rings is 1. The van der Waals surface area contributed by atoms with Crippen molar-refractivity contribution in [1.29, 1.82) is 5.41 Å². The van der Waals surface area contributed by atoms with E-state index in [0.29, 0.717) is 17.7 Å². The van der Waals surface area contributed by atoms with E-state index in [0.717, 1.165) is 37.1 Å². The first-order chi connectivity index (χ1) is 18.9. The molecule has 9 nitrogen and oxygen atoms in total. The highest BCUT2D eigenvalue weighted by atomic mass is 79.9. The first-order valence-corrected chi connectivity index (χ1v) is 13.4. The minimum Gasteiger partial charge on any atom is -0.493 e. The van der Waals surface area contributed by atoms with Gasteiger partial charge in [0.25, 0.3) is 0 Å². The quantitative estimate of drug-likeness (QED) is 0.358. The number of ether oxygens (including phenoxy) is 3. The zero-order chi connectivity index (χ0) is 29.2. The first kappa shape index (κ1) is 32.5.